The Morgan fingerprint density at radius 3 is 2.79 bits per heavy atom. The Morgan fingerprint density at radius 2 is 2.16 bits per heavy atom. The van der Waals surface area contributed by atoms with Gasteiger partial charge in [0.15, 0.2) is 6.29 Å². The molecule has 0 radical (unpaired) electrons. The predicted molar refractivity (Wildman–Crippen MR) is 75.6 cm³/mol. The zero-order chi connectivity index (χ0) is 14.0. The molecule has 2 heterocycles. The van der Waals surface area contributed by atoms with Crippen LogP contribution in [0.5, 0.6) is 0 Å². The molecular formula is C15H22N2O2. The molecule has 0 aliphatic carbocycles. The van der Waals surface area contributed by atoms with Crippen molar-refractivity contribution in [2.45, 2.75) is 39.8 Å². The van der Waals surface area contributed by atoms with Crippen LogP contribution in [-0.2, 0) is 19.5 Å². The summed E-state index contributed by atoms with van der Waals surface area (Å²) in [4.78, 5) is 25.6. The van der Waals surface area contributed by atoms with Gasteiger partial charge in [0.25, 0.3) is 5.56 Å². The van der Waals surface area contributed by atoms with Gasteiger partial charge in [-0.3, -0.25) is 9.59 Å². The largest absolute Gasteiger partial charge is 0.312 e. The normalized spacial score (nSPS) is 15.6. The first-order valence-electron chi connectivity index (χ1n) is 6.92. The van der Waals surface area contributed by atoms with Crippen LogP contribution in [0, 0.1) is 5.92 Å². The number of fused-ring (bicyclic) bond motifs is 1. The Kier molecular flexibility index (Phi) is 4.20. The minimum atomic E-state index is -0.126. The molecule has 1 aliphatic rings. The number of carbonyl (C=O) groups excluding carboxylic acids is 1. The number of aromatic nitrogens is 1. The van der Waals surface area contributed by atoms with Gasteiger partial charge in [0, 0.05) is 31.7 Å². The zero-order valence-corrected chi connectivity index (χ0v) is 12.0. The second-order valence-corrected chi connectivity index (χ2v) is 5.82. The van der Waals surface area contributed by atoms with E-state index >= 15 is 0 Å². The van der Waals surface area contributed by atoms with Gasteiger partial charge in [0.1, 0.15) is 0 Å². The lowest BCUT2D eigenvalue weighted by atomic mass is 10.0. The van der Waals surface area contributed by atoms with E-state index in [9.17, 15) is 9.59 Å². The third-order valence-corrected chi connectivity index (χ3v) is 3.75. The first-order valence-corrected chi connectivity index (χ1v) is 6.92. The summed E-state index contributed by atoms with van der Waals surface area (Å²) in [5, 5.41) is 0. The molecule has 1 aromatic rings. The van der Waals surface area contributed by atoms with Gasteiger partial charge >= 0.3 is 0 Å². The standard InChI is InChI=1S/C15H22N2O2/c1-11(2)4-7-17-14-5-6-16(3)9-12(14)8-13(10-18)15(17)19/h8,10-11H,4-7,9H2,1-3H3. The first kappa shape index (κ1) is 14.0. The number of hydrogen-bond acceptors (Lipinski definition) is 3. The molecule has 0 saturated heterocycles. The summed E-state index contributed by atoms with van der Waals surface area (Å²) in [5.74, 6) is 0.550. The highest BCUT2D eigenvalue weighted by Gasteiger charge is 2.19. The van der Waals surface area contributed by atoms with Crippen molar-refractivity contribution < 1.29 is 4.79 Å². The lowest BCUT2D eigenvalue weighted by Crippen LogP contribution is -2.35. The zero-order valence-electron chi connectivity index (χ0n) is 12.0. The molecule has 0 spiro atoms. The summed E-state index contributed by atoms with van der Waals surface area (Å²) < 4.78 is 1.83. The molecule has 0 amide bonds. The van der Waals surface area contributed by atoms with E-state index in [1.165, 1.54) is 0 Å². The van der Waals surface area contributed by atoms with Gasteiger partial charge in [-0.25, -0.2) is 0 Å². The Labute approximate surface area is 114 Å². The monoisotopic (exact) mass is 262 g/mol. The summed E-state index contributed by atoms with van der Waals surface area (Å²) in [7, 11) is 2.06. The van der Waals surface area contributed by atoms with Crippen LogP contribution in [0.25, 0.3) is 0 Å². The fraction of sp³-hybridized carbons (Fsp3) is 0.600. The van der Waals surface area contributed by atoms with Crippen LogP contribution in [0.1, 0.15) is 41.9 Å². The molecule has 0 atom stereocenters. The molecular weight excluding hydrogens is 240 g/mol. The number of carbonyl (C=O) groups is 1. The van der Waals surface area contributed by atoms with Crippen molar-refractivity contribution >= 4 is 6.29 Å². The van der Waals surface area contributed by atoms with E-state index in [1.54, 1.807) is 6.07 Å². The van der Waals surface area contributed by atoms with E-state index in [1.807, 2.05) is 4.57 Å². The maximum Gasteiger partial charge on any atom is 0.261 e. The molecule has 0 bridgehead atoms. The third kappa shape index (κ3) is 2.95. The number of rotatable bonds is 4. The molecule has 0 fully saturated rings. The molecule has 0 aromatic carbocycles. The van der Waals surface area contributed by atoms with Crippen molar-refractivity contribution in [3.63, 3.8) is 0 Å². The van der Waals surface area contributed by atoms with Crippen LogP contribution < -0.4 is 5.56 Å². The van der Waals surface area contributed by atoms with Crippen LogP contribution in [0.3, 0.4) is 0 Å². The van der Waals surface area contributed by atoms with Crippen molar-refractivity contribution in [1.82, 2.24) is 9.47 Å². The Bertz CT molecular complexity index is 532. The quantitative estimate of drug-likeness (QED) is 0.776. The topological polar surface area (TPSA) is 42.3 Å². The average Bonchev–Trinajstić information content (AvgIpc) is 2.37. The summed E-state index contributed by atoms with van der Waals surface area (Å²) in [5.41, 5.74) is 2.41. The molecule has 104 valence electrons. The summed E-state index contributed by atoms with van der Waals surface area (Å²) in [6.07, 6.45) is 2.53. The van der Waals surface area contributed by atoms with Gasteiger partial charge < -0.3 is 9.47 Å². The van der Waals surface area contributed by atoms with Crippen LogP contribution in [-0.4, -0.2) is 29.3 Å². The van der Waals surface area contributed by atoms with E-state index < -0.39 is 0 Å². The van der Waals surface area contributed by atoms with Crippen LogP contribution >= 0.6 is 0 Å². The number of aldehydes is 1. The van der Waals surface area contributed by atoms with Gasteiger partial charge in [-0.05, 0) is 31.0 Å². The lowest BCUT2D eigenvalue weighted by Gasteiger charge is -2.28. The second-order valence-electron chi connectivity index (χ2n) is 5.82. The molecule has 4 heteroatoms. The van der Waals surface area contributed by atoms with E-state index in [-0.39, 0.29) is 11.1 Å². The highest BCUT2D eigenvalue weighted by molar-refractivity contribution is 5.74. The minimum Gasteiger partial charge on any atom is -0.312 e. The van der Waals surface area contributed by atoms with Gasteiger partial charge in [0.2, 0.25) is 0 Å². The number of pyridine rings is 1. The van der Waals surface area contributed by atoms with Crippen LogP contribution in [0.4, 0.5) is 0 Å². The molecule has 1 aliphatic heterocycles. The van der Waals surface area contributed by atoms with Crippen LogP contribution in [0.15, 0.2) is 10.9 Å². The van der Waals surface area contributed by atoms with Gasteiger partial charge in [-0.2, -0.15) is 0 Å². The molecule has 19 heavy (non-hydrogen) atoms. The van der Waals surface area contributed by atoms with Gasteiger partial charge in [-0.15, -0.1) is 0 Å². The predicted octanol–water partition coefficient (Wildman–Crippen LogP) is 1.69. The molecule has 4 nitrogen and oxygen atoms in total. The molecule has 0 N–H and O–H groups in total. The molecule has 2 rings (SSSR count). The minimum absolute atomic E-state index is 0.126. The van der Waals surface area contributed by atoms with Crippen molar-refractivity contribution in [1.29, 1.82) is 0 Å². The summed E-state index contributed by atoms with van der Waals surface area (Å²) >= 11 is 0. The van der Waals surface area contributed by atoms with E-state index in [4.69, 9.17) is 0 Å². The number of hydrogen-bond donors (Lipinski definition) is 0. The Morgan fingerprint density at radius 1 is 1.42 bits per heavy atom. The highest BCUT2D eigenvalue weighted by Crippen LogP contribution is 2.18. The first-order chi connectivity index (χ1) is 9.02. The number of likely N-dealkylation sites (N-methyl/N-ethyl adjacent to an activating group) is 1. The molecule has 0 saturated carbocycles. The maximum absolute atomic E-state index is 12.3. The fourth-order valence-electron chi connectivity index (χ4n) is 2.59. The average molecular weight is 262 g/mol. The Hall–Kier alpha value is -1.42. The SMILES string of the molecule is CC(C)CCn1c2c(cc(C=O)c1=O)CN(C)CC2. The third-order valence-electron chi connectivity index (χ3n) is 3.75. The van der Waals surface area contributed by atoms with Crippen molar-refractivity contribution in [3.05, 3.63) is 33.2 Å². The fourth-order valence-corrected chi connectivity index (χ4v) is 2.59. The molecule has 1 aromatic heterocycles. The van der Waals surface area contributed by atoms with E-state index in [0.717, 1.165) is 37.2 Å². The highest BCUT2D eigenvalue weighted by atomic mass is 16.1. The summed E-state index contributed by atoms with van der Waals surface area (Å²) in [6, 6.07) is 1.77. The lowest BCUT2D eigenvalue weighted by molar-refractivity contribution is 0.112. The molecule has 0 unspecified atom stereocenters. The smallest absolute Gasteiger partial charge is 0.261 e. The van der Waals surface area contributed by atoms with Crippen LogP contribution in [0.2, 0.25) is 0 Å². The Balaban J connectivity index is 2.46. The van der Waals surface area contributed by atoms with Crippen molar-refractivity contribution in [3.8, 4) is 0 Å². The van der Waals surface area contributed by atoms with Crippen molar-refractivity contribution in [2.24, 2.45) is 5.92 Å². The van der Waals surface area contributed by atoms with E-state index in [2.05, 4.69) is 25.8 Å². The second kappa shape index (κ2) is 5.70. The van der Waals surface area contributed by atoms with Gasteiger partial charge in [0.05, 0.1) is 5.56 Å². The van der Waals surface area contributed by atoms with Gasteiger partial charge in [-0.1, -0.05) is 13.8 Å². The van der Waals surface area contributed by atoms with E-state index in [0.29, 0.717) is 18.7 Å². The summed E-state index contributed by atoms with van der Waals surface area (Å²) in [6.45, 7) is 6.79. The van der Waals surface area contributed by atoms with Crippen molar-refractivity contribution in [2.75, 3.05) is 13.6 Å². The number of nitrogens with zero attached hydrogens (tertiary/aromatic N) is 2. The maximum atomic E-state index is 12.3.